The predicted molar refractivity (Wildman–Crippen MR) is 81.6 cm³/mol. The largest absolute Gasteiger partial charge is 0.348 e. The normalized spacial score (nSPS) is 20.3. The molecule has 0 amide bonds. The molecular formula is C14H21ClN2OS. The summed E-state index contributed by atoms with van der Waals surface area (Å²) < 4.78 is 0. The van der Waals surface area contributed by atoms with Crippen LogP contribution in [-0.2, 0) is 0 Å². The van der Waals surface area contributed by atoms with Crippen LogP contribution in [0.5, 0.6) is 0 Å². The molecule has 2 rings (SSSR count). The van der Waals surface area contributed by atoms with Gasteiger partial charge in [0.1, 0.15) is 5.69 Å². The van der Waals surface area contributed by atoms with Crippen molar-refractivity contribution >= 4 is 33.9 Å². The zero-order chi connectivity index (χ0) is 13.7. The van der Waals surface area contributed by atoms with Gasteiger partial charge in [-0.25, -0.2) is 4.98 Å². The van der Waals surface area contributed by atoms with E-state index in [0.717, 1.165) is 24.1 Å². The third-order valence-electron chi connectivity index (χ3n) is 3.71. The molecule has 1 aromatic rings. The van der Waals surface area contributed by atoms with Crippen LogP contribution < -0.4 is 4.90 Å². The Hall–Kier alpha value is -0.610. The number of thiazole rings is 1. The molecule has 0 radical (unpaired) electrons. The van der Waals surface area contributed by atoms with E-state index >= 15 is 0 Å². The van der Waals surface area contributed by atoms with Crippen LogP contribution in [0.1, 0.15) is 49.5 Å². The first-order valence-corrected chi connectivity index (χ1v) is 8.45. The van der Waals surface area contributed by atoms with Crippen LogP contribution in [0.3, 0.4) is 0 Å². The number of anilines is 1. The molecule has 1 unspecified atom stereocenters. The zero-order valence-corrected chi connectivity index (χ0v) is 13.0. The molecule has 1 aliphatic heterocycles. The van der Waals surface area contributed by atoms with E-state index in [0.29, 0.717) is 5.69 Å². The summed E-state index contributed by atoms with van der Waals surface area (Å²) in [7, 11) is 0. The highest BCUT2D eigenvalue weighted by Gasteiger charge is 2.19. The van der Waals surface area contributed by atoms with Crippen LogP contribution in [0, 0.1) is 5.92 Å². The zero-order valence-electron chi connectivity index (χ0n) is 11.4. The lowest BCUT2D eigenvalue weighted by Gasteiger charge is -2.19. The smallest absolute Gasteiger partial charge is 0.196 e. The lowest BCUT2D eigenvalue weighted by molar-refractivity contribution is 0.101. The fourth-order valence-electron chi connectivity index (χ4n) is 2.66. The molecule has 0 aromatic carbocycles. The first-order chi connectivity index (χ1) is 9.24. The van der Waals surface area contributed by atoms with Gasteiger partial charge in [-0.15, -0.1) is 22.9 Å². The van der Waals surface area contributed by atoms with Gasteiger partial charge < -0.3 is 4.90 Å². The van der Waals surface area contributed by atoms with E-state index in [9.17, 15) is 4.79 Å². The Kier molecular flexibility index (Phi) is 5.64. The molecule has 2 heterocycles. The van der Waals surface area contributed by atoms with Crippen molar-refractivity contribution in [3.05, 3.63) is 11.1 Å². The maximum atomic E-state index is 11.5. The third-order valence-corrected chi connectivity index (χ3v) is 4.86. The summed E-state index contributed by atoms with van der Waals surface area (Å²) in [6.45, 7) is 4.38. The first kappa shape index (κ1) is 14.8. The molecule has 19 heavy (non-hydrogen) atoms. The maximum absolute atomic E-state index is 11.5. The van der Waals surface area contributed by atoms with Crippen LogP contribution in [0.4, 0.5) is 5.13 Å². The Morgan fingerprint density at radius 2 is 2.37 bits per heavy atom. The molecule has 0 N–H and O–H groups in total. The highest BCUT2D eigenvalue weighted by atomic mass is 35.5. The van der Waals surface area contributed by atoms with Crippen molar-refractivity contribution in [1.82, 2.24) is 4.98 Å². The molecule has 0 bridgehead atoms. The summed E-state index contributed by atoms with van der Waals surface area (Å²) in [5, 5.41) is 2.81. The van der Waals surface area contributed by atoms with E-state index in [1.165, 1.54) is 32.1 Å². The molecule has 5 heteroatoms. The Morgan fingerprint density at radius 1 is 1.53 bits per heavy atom. The van der Waals surface area contributed by atoms with E-state index < -0.39 is 0 Å². The number of nitrogens with zero attached hydrogens (tertiary/aromatic N) is 2. The Morgan fingerprint density at radius 3 is 3.11 bits per heavy atom. The second kappa shape index (κ2) is 7.25. The number of rotatable bonds is 5. The Labute approximate surface area is 124 Å². The topological polar surface area (TPSA) is 33.2 Å². The third kappa shape index (κ3) is 3.93. The molecule has 1 fully saturated rings. The van der Waals surface area contributed by atoms with Gasteiger partial charge in [0.15, 0.2) is 10.9 Å². The van der Waals surface area contributed by atoms with Gasteiger partial charge in [0.2, 0.25) is 0 Å². The molecule has 1 saturated heterocycles. The van der Waals surface area contributed by atoms with Crippen LogP contribution in [0.15, 0.2) is 5.38 Å². The lowest BCUT2D eigenvalue weighted by Crippen LogP contribution is -2.24. The number of carbonyl (C=O) groups is 1. The fourth-order valence-corrected chi connectivity index (χ4v) is 3.68. The van der Waals surface area contributed by atoms with Gasteiger partial charge >= 0.3 is 0 Å². The second-order valence-corrected chi connectivity index (χ2v) is 6.25. The highest BCUT2D eigenvalue weighted by Crippen LogP contribution is 2.27. The van der Waals surface area contributed by atoms with Gasteiger partial charge in [-0.2, -0.15) is 0 Å². The van der Waals surface area contributed by atoms with Gasteiger partial charge in [0, 0.05) is 18.5 Å². The molecule has 1 aliphatic rings. The molecule has 1 aromatic heterocycles. The minimum Gasteiger partial charge on any atom is -0.348 e. The van der Waals surface area contributed by atoms with Crippen LogP contribution in [0.2, 0.25) is 0 Å². The number of Topliss-reactive ketones (excluding diaryl/α,β-unsaturated/α-hetero) is 1. The second-order valence-electron chi connectivity index (χ2n) is 5.14. The number of hydrogen-bond acceptors (Lipinski definition) is 4. The summed E-state index contributed by atoms with van der Waals surface area (Å²) >= 11 is 7.12. The van der Waals surface area contributed by atoms with Crippen LogP contribution in [0.25, 0.3) is 0 Å². The van der Waals surface area contributed by atoms with Crippen LogP contribution >= 0.6 is 22.9 Å². The standard InChI is InChI=1S/C14H21ClN2OS/c1-2-4-11-5-3-7-17(8-6-11)14-16-12(10-19-14)13(18)9-15/h10-11H,2-9H2,1H3. The fraction of sp³-hybridized carbons (Fsp3) is 0.714. The lowest BCUT2D eigenvalue weighted by atomic mass is 9.96. The summed E-state index contributed by atoms with van der Waals surface area (Å²) in [5.41, 5.74) is 0.518. The summed E-state index contributed by atoms with van der Waals surface area (Å²) in [5.74, 6) is 0.795. The first-order valence-electron chi connectivity index (χ1n) is 7.04. The SMILES string of the molecule is CCCC1CCCN(c2nc(C(=O)CCl)cs2)CC1. The van der Waals surface area contributed by atoms with Gasteiger partial charge in [-0.05, 0) is 25.2 Å². The van der Waals surface area contributed by atoms with E-state index in [1.54, 1.807) is 11.3 Å². The Balaban J connectivity index is 1.98. The average Bonchev–Trinajstić information content (AvgIpc) is 2.80. The molecule has 0 aliphatic carbocycles. The van der Waals surface area contributed by atoms with Crippen molar-refractivity contribution < 1.29 is 4.79 Å². The summed E-state index contributed by atoms with van der Waals surface area (Å²) in [6, 6.07) is 0. The van der Waals surface area contributed by atoms with Gasteiger partial charge in [-0.3, -0.25) is 4.79 Å². The van der Waals surface area contributed by atoms with Gasteiger partial charge in [0.05, 0.1) is 5.88 Å². The molecule has 106 valence electrons. The molecule has 0 saturated carbocycles. The van der Waals surface area contributed by atoms with Crippen molar-refractivity contribution in [2.45, 2.75) is 39.0 Å². The number of aromatic nitrogens is 1. The summed E-state index contributed by atoms with van der Waals surface area (Å²) in [6.07, 6.45) is 6.40. The number of hydrogen-bond donors (Lipinski definition) is 0. The number of ketones is 1. The molecule has 3 nitrogen and oxygen atoms in total. The van der Waals surface area contributed by atoms with Crippen molar-refractivity contribution in [2.75, 3.05) is 23.9 Å². The van der Waals surface area contributed by atoms with E-state index in [4.69, 9.17) is 11.6 Å². The van der Waals surface area contributed by atoms with Gasteiger partial charge in [-0.1, -0.05) is 19.8 Å². The minimum atomic E-state index is -0.0807. The predicted octanol–water partition coefficient (Wildman–Crippen LogP) is 3.97. The van der Waals surface area contributed by atoms with Crippen LogP contribution in [-0.4, -0.2) is 29.7 Å². The molecular weight excluding hydrogens is 280 g/mol. The van der Waals surface area contributed by atoms with Crippen molar-refractivity contribution in [3.8, 4) is 0 Å². The van der Waals surface area contributed by atoms with E-state index in [2.05, 4.69) is 16.8 Å². The van der Waals surface area contributed by atoms with Crippen molar-refractivity contribution in [3.63, 3.8) is 0 Å². The quantitative estimate of drug-likeness (QED) is 0.609. The highest BCUT2D eigenvalue weighted by molar-refractivity contribution is 7.14. The van der Waals surface area contributed by atoms with Crippen molar-refractivity contribution in [2.24, 2.45) is 5.92 Å². The Bertz CT molecular complexity index is 421. The van der Waals surface area contributed by atoms with E-state index in [1.807, 2.05) is 5.38 Å². The monoisotopic (exact) mass is 300 g/mol. The number of halogens is 1. The number of carbonyl (C=O) groups excluding carboxylic acids is 1. The average molecular weight is 301 g/mol. The maximum Gasteiger partial charge on any atom is 0.196 e. The summed E-state index contributed by atoms with van der Waals surface area (Å²) in [4.78, 5) is 18.3. The molecule has 0 spiro atoms. The van der Waals surface area contributed by atoms with Crippen molar-refractivity contribution in [1.29, 1.82) is 0 Å². The van der Waals surface area contributed by atoms with Gasteiger partial charge in [0.25, 0.3) is 0 Å². The minimum absolute atomic E-state index is 0.0156. The number of alkyl halides is 1. The molecule has 1 atom stereocenters. The van der Waals surface area contributed by atoms with E-state index in [-0.39, 0.29) is 11.7 Å².